The maximum atomic E-state index is 13.8. The molecule has 23 heavy (non-hydrogen) atoms. The molecule has 0 saturated carbocycles. The molecule has 0 aliphatic heterocycles. The van der Waals surface area contributed by atoms with Crippen molar-refractivity contribution in [3.63, 3.8) is 0 Å². The van der Waals surface area contributed by atoms with Crippen molar-refractivity contribution in [3.05, 3.63) is 59.4 Å². The van der Waals surface area contributed by atoms with Gasteiger partial charge in [0.1, 0.15) is 5.82 Å². The van der Waals surface area contributed by atoms with E-state index in [0.29, 0.717) is 5.56 Å². The summed E-state index contributed by atoms with van der Waals surface area (Å²) in [5, 5.41) is 8.94. The van der Waals surface area contributed by atoms with Crippen LogP contribution >= 0.6 is 0 Å². The van der Waals surface area contributed by atoms with Gasteiger partial charge in [0, 0.05) is 0 Å². The molecule has 0 radical (unpaired) electrons. The van der Waals surface area contributed by atoms with Crippen LogP contribution in [-0.2, 0) is 21.4 Å². The highest BCUT2D eigenvalue weighted by Crippen LogP contribution is 2.20. The van der Waals surface area contributed by atoms with E-state index in [2.05, 4.69) is 9.46 Å². The monoisotopic (exact) mass is 339 g/mol. The molecule has 0 spiro atoms. The first-order valence-corrected chi connectivity index (χ1v) is 7.96. The standard InChI is InChI=1S/C15H14FNO5S/c1-22-15(19)13-7-4-11(8-14(13)16)17-23(20,21)12-5-2-10(9-18)3-6-12/h2-8,17-18H,9H2,1H3. The van der Waals surface area contributed by atoms with Gasteiger partial charge in [-0.1, -0.05) is 12.1 Å². The van der Waals surface area contributed by atoms with Gasteiger partial charge in [0.05, 0.1) is 29.9 Å². The Morgan fingerprint density at radius 2 is 1.87 bits per heavy atom. The first-order valence-electron chi connectivity index (χ1n) is 6.48. The molecule has 0 aromatic heterocycles. The van der Waals surface area contributed by atoms with Crippen molar-refractivity contribution < 1.29 is 27.4 Å². The summed E-state index contributed by atoms with van der Waals surface area (Å²) in [6, 6.07) is 8.87. The number of ether oxygens (including phenoxy) is 1. The Morgan fingerprint density at radius 3 is 2.39 bits per heavy atom. The summed E-state index contributed by atoms with van der Waals surface area (Å²) < 4.78 is 44.8. The number of nitrogens with one attached hydrogen (secondary N) is 1. The van der Waals surface area contributed by atoms with Crippen molar-refractivity contribution in [1.29, 1.82) is 0 Å². The zero-order chi connectivity index (χ0) is 17.0. The first-order chi connectivity index (χ1) is 10.9. The molecule has 2 N–H and O–H groups in total. The largest absolute Gasteiger partial charge is 0.465 e. The molecule has 0 unspecified atom stereocenters. The van der Waals surface area contributed by atoms with Crippen molar-refractivity contribution in [1.82, 2.24) is 0 Å². The van der Waals surface area contributed by atoms with E-state index in [1.54, 1.807) is 0 Å². The van der Waals surface area contributed by atoms with Gasteiger partial charge in [-0.05, 0) is 35.9 Å². The summed E-state index contributed by atoms with van der Waals surface area (Å²) in [5.41, 5.74) is 0.251. The highest BCUT2D eigenvalue weighted by atomic mass is 32.2. The summed E-state index contributed by atoms with van der Waals surface area (Å²) in [7, 11) is -2.79. The SMILES string of the molecule is COC(=O)c1ccc(NS(=O)(=O)c2ccc(CO)cc2)cc1F. The van der Waals surface area contributed by atoms with Crippen molar-refractivity contribution in [3.8, 4) is 0 Å². The highest BCUT2D eigenvalue weighted by Gasteiger charge is 2.17. The summed E-state index contributed by atoms with van der Waals surface area (Å²) >= 11 is 0. The van der Waals surface area contributed by atoms with Crippen LogP contribution in [0, 0.1) is 5.82 Å². The fourth-order valence-corrected chi connectivity index (χ4v) is 2.89. The highest BCUT2D eigenvalue weighted by molar-refractivity contribution is 7.92. The van der Waals surface area contributed by atoms with Crippen LogP contribution in [0.15, 0.2) is 47.4 Å². The summed E-state index contributed by atoms with van der Waals surface area (Å²) in [6.07, 6.45) is 0. The van der Waals surface area contributed by atoms with E-state index in [-0.39, 0.29) is 22.8 Å². The maximum Gasteiger partial charge on any atom is 0.340 e. The molecule has 0 heterocycles. The van der Waals surface area contributed by atoms with Gasteiger partial charge in [0.15, 0.2) is 0 Å². The third kappa shape index (κ3) is 3.85. The van der Waals surface area contributed by atoms with Crippen molar-refractivity contribution >= 4 is 21.7 Å². The Labute approximate surface area is 132 Å². The summed E-state index contributed by atoms with van der Waals surface area (Å²) in [4.78, 5) is 11.3. The predicted octanol–water partition coefficient (Wildman–Crippen LogP) is 1.91. The molecule has 0 atom stereocenters. The topological polar surface area (TPSA) is 92.7 Å². The fourth-order valence-electron chi connectivity index (χ4n) is 1.84. The zero-order valence-corrected chi connectivity index (χ0v) is 12.9. The number of carbonyl (C=O) groups excluding carboxylic acids is 1. The lowest BCUT2D eigenvalue weighted by Crippen LogP contribution is -2.14. The van der Waals surface area contributed by atoms with Crippen LogP contribution in [0.4, 0.5) is 10.1 Å². The lowest BCUT2D eigenvalue weighted by atomic mass is 10.2. The van der Waals surface area contributed by atoms with Gasteiger partial charge in [-0.15, -0.1) is 0 Å². The van der Waals surface area contributed by atoms with E-state index < -0.39 is 21.8 Å². The fraction of sp³-hybridized carbons (Fsp3) is 0.133. The Bertz CT molecular complexity index is 818. The molecule has 0 aliphatic rings. The average molecular weight is 339 g/mol. The molecule has 0 amide bonds. The first kappa shape index (κ1) is 16.9. The smallest absolute Gasteiger partial charge is 0.340 e. The molecule has 0 fully saturated rings. The minimum Gasteiger partial charge on any atom is -0.465 e. The van der Waals surface area contributed by atoms with E-state index in [1.165, 1.54) is 30.3 Å². The number of esters is 1. The van der Waals surface area contributed by atoms with Gasteiger partial charge in [0.25, 0.3) is 10.0 Å². The third-order valence-corrected chi connectivity index (χ3v) is 4.44. The molecule has 6 nitrogen and oxygen atoms in total. The van der Waals surface area contributed by atoms with Gasteiger partial charge in [-0.25, -0.2) is 17.6 Å². The molecule has 2 rings (SSSR count). The quantitative estimate of drug-likeness (QED) is 0.812. The third-order valence-electron chi connectivity index (χ3n) is 3.04. The second-order valence-corrected chi connectivity index (χ2v) is 6.28. The van der Waals surface area contributed by atoms with E-state index >= 15 is 0 Å². The van der Waals surface area contributed by atoms with Gasteiger partial charge in [-0.3, -0.25) is 4.72 Å². The van der Waals surface area contributed by atoms with E-state index in [4.69, 9.17) is 5.11 Å². The second kappa shape index (κ2) is 6.76. The lowest BCUT2D eigenvalue weighted by molar-refractivity contribution is 0.0595. The Hall–Kier alpha value is -2.45. The van der Waals surface area contributed by atoms with E-state index in [0.717, 1.165) is 19.2 Å². The minimum atomic E-state index is -3.91. The molecule has 0 bridgehead atoms. The average Bonchev–Trinajstić information content (AvgIpc) is 2.54. The lowest BCUT2D eigenvalue weighted by Gasteiger charge is -2.09. The number of anilines is 1. The molecule has 0 aliphatic carbocycles. The number of rotatable bonds is 5. The van der Waals surface area contributed by atoms with E-state index in [9.17, 15) is 17.6 Å². The van der Waals surface area contributed by atoms with Crippen LogP contribution < -0.4 is 4.72 Å². The molecule has 2 aromatic carbocycles. The van der Waals surface area contributed by atoms with Crippen LogP contribution in [0.2, 0.25) is 0 Å². The second-order valence-electron chi connectivity index (χ2n) is 4.59. The Morgan fingerprint density at radius 1 is 1.22 bits per heavy atom. The van der Waals surface area contributed by atoms with Crippen LogP contribution in [0.25, 0.3) is 0 Å². The predicted molar refractivity (Wildman–Crippen MR) is 80.9 cm³/mol. The molecular formula is C15H14FNO5S. The number of hydrogen-bond donors (Lipinski definition) is 2. The molecular weight excluding hydrogens is 325 g/mol. The number of methoxy groups -OCH3 is 1. The minimum absolute atomic E-state index is 0.0265. The number of hydrogen-bond acceptors (Lipinski definition) is 5. The molecule has 122 valence electrons. The molecule has 8 heteroatoms. The molecule has 2 aromatic rings. The number of carbonyl (C=O) groups is 1. The van der Waals surface area contributed by atoms with Crippen molar-refractivity contribution in [2.45, 2.75) is 11.5 Å². The van der Waals surface area contributed by atoms with E-state index in [1.807, 2.05) is 0 Å². The normalized spacial score (nSPS) is 11.1. The van der Waals surface area contributed by atoms with Gasteiger partial charge >= 0.3 is 5.97 Å². The van der Waals surface area contributed by atoms with Crippen LogP contribution in [0.5, 0.6) is 0 Å². The number of aliphatic hydroxyl groups is 1. The number of halogens is 1. The number of benzene rings is 2. The maximum absolute atomic E-state index is 13.8. The van der Waals surface area contributed by atoms with Crippen molar-refractivity contribution in [2.75, 3.05) is 11.8 Å². The van der Waals surface area contributed by atoms with Crippen LogP contribution in [0.1, 0.15) is 15.9 Å². The van der Waals surface area contributed by atoms with Gasteiger partial charge in [-0.2, -0.15) is 0 Å². The number of sulfonamides is 1. The Kier molecular flexibility index (Phi) is 4.97. The summed E-state index contributed by atoms with van der Waals surface area (Å²) in [5.74, 6) is -1.75. The summed E-state index contributed by atoms with van der Waals surface area (Å²) in [6.45, 7) is -0.200. The van der Waals surface area contributed by atoms with Crippen LogP contribution in [-0.4, -0.2) is 26.6 Å². The van der Waals surface area contributed by atoms with Gasteiger partial charge < -0.3 is 9.84 Å². The van der Waals surface area contributed by atoms with Crippen LogP contribution in [0.3, 0.4) is 0 Å². The Balaban J connectivity index is 2.26. The number of aliphatic hydroxyl groups excluding tert-OH is 1. The van der Waals surface area contributed by atoms with Gasteiger partial charge in [0.2, 0.25) is 0 Å². The zero-order valence-electron chi connectivity index (χ0n) is 12.1. The van der Waals surface area contributed by atoms with Crippen molar-refractivity contribution in [2.24, 2.45) is 0 Å². The molecule has 0 saturated heterocycles.